The van der Waals surface area contributed by atoms with Crippen molar-refractivity contribution < 1.29 is 4.74 Å². The second kappa shape index (κ2) is 7.27. The lowest BCUT2D eigenvalue weighted by Crippen LogP contribution is -2.24. The normalized spacial score (nSPS) is 15.7. The van der Waals surface area contributed by atoms with Gasteiger partial charge in [0.25, 0.3) is 0 Å². The smallest absolute Gasteiger partial charge is 0.143 e. The monoisotopic (exact) mass is 360 g/mol. The molecular weight excluding hydrogens is 336 g/mol. The van der Waals surface area contributed by atoms with Gasteiger partial charge in [-0.15, -0.1) is 0 Å². The van der Waals surface area contributed by atoms with E-state index in [2.05, 4.69) is 51.4 Å². The Morgan fingerprint density at radius 1 is 1.07 bits per heavy atom. The number of benzene rings is 2. The van der Waals surface area contributed by atoms with Gasteiger partial charge in [0.05, 0.1) is 11.8 Å². The lowest BCUT2D eigenvalue weighted by Gasteiger charge is -2.24. The fourth-order valence-electron chi connectivity index (χ4n) is 3.53. The lowest BCUT2D eigenvalue weighted by atomic mass is 10.1. The minimum atomic E-state index is 0.107. The van der Waals surface area contributed by atoms with Gasteiger partial charge in [-0.3, -0.25) is 0 Å². The summed E-state index contributed by atoms with van der Waals surface area (Å²) in [5, 5.41) is 3.38. The molecule has 5 nitrogen and oxygen atoms in total. The second-order valence-corrected chi connectivity index (χ2v) is 7.10. The van der Waals surface area contributed by atoms with Crippen LogP contribution in [0, 0.1) is 0 Å². The van der Waals surface area contributed by atoms with Crippen molar-refractivity contribution in [2.24, 2.45) is 0 Å². The van der Waals surface area contributed by atoms with Gasteiger partial charge in [0.15, 0.2) is 0 Å². The number of rotatable bonds is 5. The Kier molecular flexibility index (Phi) is 4.67. The minimum Gasteiger partial charge on any atom is -0.489 e. The zero-order valence-corrected chi connectivity index (χ0v) is 15.9. The summed E-state index contributed by atoms with van der Waals surface area (Å²) in [4.78, 5) is 11.2. The number of para-hydroxylation sites is 3. The number of ether oxygens (including phenoxy) is 1. The van der Waals surface area contributed by atoms with Crippen LogP contribution in [-0.2, 0) is 6.42 Å². The number of nitrogens with one attached hydrogen (secondary N) is 1. The van der Waals surface area contributed by atoms with E-state index < -0.39 is 0 Å². The molecule has 1 N–H and O–H groups in total. The third-order valence-electron chi connectivity index (χ3n) is 4.62. The third-order valence-corrected chi connectivity index (χ3v) is 4.62. The van der Waals surface area contributed by atoms with Crippen LogP contribution in [0.3, 0.4) is 0 Å². The summed E-state index contributed by atoms with van der Waals surface area (Å²) in [6, 6.07) is 18.8. The van der Waals surface area contributed by atoms with Crippen LogP contribution in [0.4, 0.5) is 23.0 Å². The molecule has 1 unspecified atom stereocenters. The summed E-state index contributed by atoms with van der Waals surface area (Å²) >= 11 is 0. The van der Waals surface area contributed by atoms with Crippen LogP contribution < -0.4 is 15.0 Å². The number of anilines is 4. The highest BCUT2D eigenvalue weighted by molar-refractivity contribution is 5.72. The molecule has 0 spiro atoms. The molecule has 0 radical (unpaired) electrons. The molecule has 0 bridgehead atoms. The van der Waals surface area contributed by atoms with Gasteiger partial charge in [-0.2, -0.15) is 0 Å². The largest absolute Gasteiger partial charge is 0.489 e. The van der Waals surface area contributed by atoms with Gasteiger partial charge < -0.3 is 15.0 Å². The first-order chi connectivity index (χ1) is 13.1. The number of aromatic nitrogens is 2. The average molecular weight is 360 g/mol. The van der Waals surface area contributed by atoms with Crippen molar-refractivity contribution in [3.63, 3.8) is 0 Å². The molecule has 0 fully saturated rings. The van der Waals surface area contributed by atoms with Gasteiger partial charge in [-0.1, -0.05) is 30.3 Å². The molecule has 1 aliphatic heterocycles. The predicted molar refractivity (Wildman–Crippen MR) is 109 cm³/mol. The van der Waals surface area contributed by atoms with E-state index in [0.29, 0.717) is 6.04 Å². The van der Waals surface area contributed by atoms with Crippen molar-refractivity contribution in [2.45, 2.75) is 39.3 Å². The fraction of sp³-hybridized carbons (Fsp3) is 0.273. The number of hydrogen-bond acceptors (Lipinski definition) is 5. The van der Waals surface area contributed by atoms with Crippen molar-refractivity contribution in [3.05, 3.63) is 66.5 Å². The third kappa shape index (κ3) is 3.58. The van der Waals surface area contributed by atoms with Crippen LogP contribution in [0.1, 0.15) is 26.3 Å². The van der Waals surface area contributed by atoms with Crippen molar-refractivity contribution in [3.8, 4) is 5.75 Å². The number of nitrogens with zero attached hydrogens (tertiary/aromatic N) is 3. The van der Waals surface area contributed by atoms with Crippen molar-refractivity contribution in [1.82, 2.24) is 9.97 Å². The van der Waals surface area contributed by atoms with E-state index in [4.69, 9.17) is 4.74 Å². The minimum absolute atomic E-state index is 0.107. The standard InChI is InChI=1S/C22H24N4O/c1-15(2)27-20-11-7-5-9-18(20)25-21-13-22(24-14-23-21)26-16(3)12-17-8-4-6-10-19(17)26/h4-11,13-16H,12H2,1-3H3,(H,23,24,25). The summed E-state index contributed by atoms with van der Waals surface area (Å²) < 4.78 is 5.89. The van der Waals surface area contributed by atoms with Gasteiger partial charge >= 0.3 is 0 Å². The Balaban J connectivity index is 1.63. The molecule has 1 aliphatic rings. The van der Waals surface area contributed by atoms with Crippen LogP contribution in [-0.4, -0.2) is 22.1 Å². The van der Waals surface area contributed by atoms with Crippen LogP contribution in [0.2, 0.25) is 0 Å². The van der Waals surface area contributed by atoms with Crippen LogP contribution >= 0.6 is 0 Å². The zero-order valence-electron chi connectivity index (χ0n) is 15.9. The lowest BCUT2D eigenvalue weighted by molar-refractivity contribution is 0.244. The summed E-state index contributed by atoms with van der Waals surface area (Å²) in [5.74, 6) is 2.45. The van der Waals surface area contributed by atoms with E-state index in [1.165, 1.54) is 11.3 Å². The molecule has 0 amide bonds. The van der Waals surface area contributed by atoms with Gasteiger partial charge in [0.1, 0.15) is 23.7 Å². The van der Waals surface area contributed by atoms with Crippen LogP contribution in [0.25, 0.3) is 0 Å². The summed E-state index contributed by atoms with van der Waals surface area (Å²) in [6.07, 6.45) is 2.74. The molecule has 1 atom stereocenters. The Bertz CT molecular complexity index is 941. The molecule has 4 rings (SSSR count). The maximum absolute atomic E-state index is 5.89. The average Bonchev–Trinajstić information content (AvgIpc) is 2.99. The SMILES string of the molecule is CC(C)Oc1ccccc1Nc1cc(N2c3ccccc3CC2C)ncn1. The van der Waals surface area contributed by atoms with E-state index >= 15 is 0 Å². The van der Waals surface area contributed by atoms with Gasteiger partial charge in [-0.25, -0.2) is 9.97 Å². The molecule has 1 aromatic heterocycles. The molecule has 2 aromatic carbocycles. The predicted octanol–water partition coefficient (Wildman–Crippen LogP) is 5.09. The van der Waals surface area contributed by atoms with E-state index in [9.17, 15) is 0 Å². The highest BCUT2D eigenvalue weighted by atomic mass is 16.5. The number of hydrogen-bond donors (Lipinski definition) is 1. The molecule has 0 saturated heterocycles. The Hall–Kier alpha value is -3.08. The molecular formula is C22H24N4O. The fourth-order valence-corrected chi connectivity index (χ4v) is 3.53. The molecule has 27 heavy (non-hydrogen) atoms. The highest BCUT2D eigenvalue weighted by Gasteiger charge is 2.27. The Morgan fingerprint density at radius 3 is 2.70 bits per heavy atom. The van der Waals surface area contributed by atoms with Gasteiger partial charge in [0, 0.05) is 17.8 Å². The molecule has 138 valence electrons. The first-order valence-corrected chi connectivity index (χ1v) is 9.33. The first-order valence-electron chi connectivity index (χ1n) is 9.33. The summed E-state index contributed by atoms with van der Waals surface area (Å²) in [6.45, 7) is 6.26. The van der Waals surface area contributed by atoms with Crippen LogP contribution in [0.5, 0.6) is 5.75 Å². The molecule has 5 heteroatoms. The van der Waals surface area contributed by atoms with Crippen LogP contribution in [0.15, 0.2) is 60.9 Å². The van der Waals surface area contributed by atoms with E-state index in [-0.39, 0.29) is 6.10 Å². The molecule has 2 heterocycles. The van der Waals surface area contributed by atoms with Gasteiger partial charge in [-0.05, 0) is 51.0 Å². The first kappa shape index (κ1) is 17.3. The molecule has 3 aromatic rings. The van der Waals surface area contributed by atoms with E-state index in [0.717, 1.165) is 29.5 Å². The maximum Gasteiger partial charge on any atom is 0.143 e. The highest BCUT2D eigenvalue weighted by Crippen LogP contribution is 2.38. The van der Waals surface area contributed by atoms with Crippen molar-refractivity contribution >= 4 is 23.0 Å². The Labute approximate surface area is 160 Å². The van der Waals surface area contributed by atoms with Crippen molar-refractivity contribution in [2.75, 3.05) is 10.2 Å². The van der Waals surface area contributed by atoms with Gasteiger partial charge in [0.2, 0.25) is 0 Å². The second-order valence-electron chi connectivity index (χ2n) is 7.10. The molecule has 0 aliphatic carbocycles. The van der Waals surface area contributed by atoms with Crippen molar-refractivity contribution in [1.29, 1.82) is 0 Å². The Morgan fingerprint density at radius 2 is 1.85 bits per heavy atom. The number of fused-ring (bicyclic) bond motifs is 1. The summed E-state index contributed by atoms with van der Waals surface area (Å²) in [7, 11) is 0. The molecule has 0 saturated carbocycles. The maximum atomic E-state index is 5.89. The van der Waals surface area contributed by atoms with E-state index in [1.54, 1.807) is 6.33 Å². The summed E-state index contributed by atoms with van der Waals surface area (Å²) in [5.41, 5.74) is 3.47. The quantitative estimate of drug-likeness (QED) is 0.687. The zero-order chi connectivity index (χ0) is 18.8. The topological polar surface area (TPSA) is 50.3 Å². The van der Waals surface area contributed by atoms with E-state index in [1.807, 2.05) is 44.2 Å².